The first-order chi connectivity index (χ1) is 8.83. The summed E-state index contributed by atoms with van der Waals surface area (Å²) >= 11 is 0. The Kier molecular flexibility index (Phi) is 2.57. The number of aromatic hydroxyl groups is 1. The van der Waals surface area contributed by atoms with Crippen LogP contribution < -0.4 is 0 Å². The number of aromatic nitrogens is 1. The monoisotopic (exact) mass is 237 g/mol. The maximum Gasteiger partial charge on any atom is 0.250 e. The van der Waals surface area contributed by atoms with E-state index in [0.29, 0.717) is 5.89 Å². The molecule has 3 nitrogen and oxygen atoms in total. The zero-order valence-electron chi connectivity index (χ0n) is 9.58. The van der Waals surface area contributed by atoms with Gasteiger partial charge in [-0.3, -0.25) is 0 Å². The van der Waals surface area contributed by atoms with E-state index in [9.17, 15) is 0 Å². The highest BCUT2D eigenvalue weighted by molar-refractivity contribution is 5.67. The SMILES string of the molecule is Oc1coc(-c2ccc(-c3ccccc3)cc2)n1. The average molecular weight is 237 g/mol. The Morgan fingerprint density at radius 3 is 2.00 bits per heavy atom. The van der Waals surface area contributed by atoms with Crippen LogP contribution in [0.25, 0.3) is 22.6 Å². The van der Waals surface area contributed by atoms with Crippen LogP contribution in [0.15, 0.2) is 65.3 Å². The first-order valence-corrected chi connectivity index (χ1v) is 5.63. The summed E-state index contributed by atoms with van der Waals surface area (Å²) in [7, 11) is 0. The molecular weight excluding hydrogens is 226 g/mol. The molecule has 1 heterocycles. The molecule has 0 aliphatic rings. The van der Waals surface area contributed by atoms with Crippen molar-refractivity contribution in [3.05, 3.63) is 60.9 Å². The summed E-state index contributed by atoms with van der Waals surface area (Å²) in [5.74, 6) is 0.323. The quantitative estimate of drug-likeness (QED) is 0.739. The predicted octanol–water partition coefficient (Wildman–Crippen LogP) is 3.71. The highest BCUT2D eigenvalue weighted by Gasteiger charge is 2.05. The first kappa shape index (κ1) is 10.6. The molecule has 3 heteroatoms. The Morgan fingerprint density at radius 1 is 0.778 bits per heavy atom. The predicted molar refractivity (Wildman–Crippen MR) is 69.0 cm³/mol. The van der Waals surface area contributed by atoms with Crippen LogP contribution in [0.2, 0.25) is 0 Å². The molecule has 0 unspecified atom stereocenters. The molecule has 3 rings (SSSR count). The molecule has 1 N–H and O–H groups in total. The molecule has 0 atom stereocenters. The van der Waals surface area contributed by atoms with Gasteiger partial charge in [0.05, 0.1) is 0 Å². The van der Waals surface area contributed by atoms with Gasteiger partial charge >= 0.3 is 0 Å². The van der Waals surface area contributed by atoms with Crippen LogP contribution in [0.5, 0.6) is 5.88 Å². The fraction of sp³-hybridized carbons (Fsp3) is 0. The van der Waals surface area contributed by atoms with Gasteiger partial charge in [-0.05, 0) is 23.3 Å². The fourth-order valence-corrected chi connectivity index (χ4v) is 1.83. The minimum Gasteiger partial charge on any atom is -0.491 e. The number of benzene rings is 2. The van der Waals surface area contributed by atoms with Gasteiger partial charge in [-0.15, -0.1) is 0 Å². The Morgan fingerprint density at radius 2 is 1.39 bits per heavy atom. The lowest BCUT2D eigenvalue weighted by atomic mass is 10.0. The van der Waals surface area contributed by atoms with Gasteiger partial charge in [-0.25, -0.2) is 0 Å². The van der Waals surface area contributed by atoms with Gasteiger partial charge in [0.15, 0.2) is 6.26 Å². The summed E-state index contributed by atoms with van der Waals surface area (Å²) in [6.07, 6.45) is 1.22. The average Bonchev–Trinajstić information content (AvgIpc) is 2.87. The van der Waals surface area contributed by atoms with Crippen molar-refractivity contribution in [2.45, 2.75) is 0 Å². The largest absolute Gasteiger partial charge is 0.491 e. The van der Waals surface area contributed by atoms with Gasteiger partial charge in [0.25, 0.3) is 5.88 Å². The molecule has 0 bridgehead atoms. The second-order valence-electron chi connectivity index (χ2n) is 3.95. The van der Waals surface area contributed by atoms with Crippen molar-refractivity contribution >= 4 is 0 Å². The van der Waals surface area contributed by atoms with Crippen LogP contribution in [0.1, 0.15) is 0 Å². The molecule has 0 saturated heterocycles. The van der Waals surface area contributed by atoms with Crippen LogP contribution in [0.3, 0.4) is 0 Å². The van der Waals surface area contributed by atoms with Crippen molar-refractivity contribution in [3.63, 3.8) is 0 Å². The van der Waals surface area contributed by atoms with Crippen molar-refractivity contribution in [1.29, 1.82) is 0 Å². The number of oxazole rings is 1. The summed E-state index contributed by atoms with van der Waals surface area (Å²) in [4.78, 5) is 3.87. The molecule has 0 fully saturated rings. The zero-order valence-corrected chi connectivity index (χ0v) is 9.58. The van der Waals surface area contributed by atoms with E-state index in [1.165, 1.54) is 11.8 Å². The van der Waals surface area contributed by atoms with Gasteiger partial charge < -0.3 is 9.52 Å². The Hall–Kier alpha value is -2.55. The maximum absolute atomic E-state index is 9.14. The molecule has 88 valence electrons. The summed E-state index contributed by atoms with van der Waals surface area (Å²) in [6, 6.07) is 18.0. The molecule has 0 amide bonds. The topological polar surface area (TPSA) is 46.3 Å². The van der Waals surface area contributed by atoms with E-state index in [2.05, 4.69) is 17.1 Å². The molecule has 3 aromatic rings. The standard InChI is InChI=1S/C15H11NO2/c17-14-10-18-15(16-14)13-8-6-12(7-9-13)11-4-2-1-3-5-11/h1-10,17H. The smallest absolute Gasteiger partial charge is 0.250 e. The number of rotatable bonds is 2. The summed E-state index contributed by atoms with van der Waals surface area (Å²) in [6.45, 7) is 0. The van der Waals surface area contributed by atoms with E-state index in [1.807, 2.05) is 42.5 Å². The summed E-state index contributed by atoms with van der Waals surface area (Å²) in [5, 5.41) is 9.14. The molecule has 1 aromatic heterocycles. The summed E-state index contributed by atoms with van der Waals surface area (Å²) < 4.78 is 5.13. The Balaban J connectivity index is 1.94. The minimum atomic E-state index is -0.0999. The van der Waals surface area contributed by atoms with Crippen molar-refractivity contribution in [2.24, 2.45) is 0 Å². The lowest BCUT2D eigenvalue weighted by molar-refractivity contribution is 0.448. The number of nitrogens with zero attached hydrogens (tertiary/aromatic N) is 1. The third-order valence-corrected chi connectivity index (χ3v) is 2.73. The normalized spacial score (nSPS) is 10.4. The van der Waals surface area contributed by atoms with Gasteiger partial charge in [0.2, 0.25) is 5.89 Å². The van der Waals surface area contributed by atoms with Crippen LogP contribution in [0.4, 0.5) is 0 Å². The molecular formula is C15H11NO2. The van der Waals surface area contributed by atoms with E-state index < -0.39 is 0 Å². The van der Waals surface area contributed by atoms with E-state index in [0.717, 1.165) is 11.1 Å². The highest BCUT2D eigenvalue weighted by atomic mass is 16.4. The minimum absolute atomic E-state index is 0.0999. The lowest BCUT2D eigenvalue weighted by Gasteiger charge is -2.01. The third kappa shape index (κ3) is 1.98. The summed E-state index contributed by atoms with van der Waals surface area (Å²) in [5.41, 5.74) is 3.14. The van der Waals surface area contributed by atoms with E-state index in [-0.39, 0.29) is 5.88 Å². The van der Waals surface area contributed by atoms with E-state index in [4.69, 9.17) is 9.52 Å². The van der Waals surface area contributed by atoms with Crippen LogP contribution >= 0.6 is 0 Å². The van der Waals surface area contributed by atoms with Gasteiger partial charge in [0.1, 0.15) is 0 Å². The Bertz CT molecular complexity index is 642. The van der Waals surface area contributed by atoms with Crippen molar-refractivity contribution < 1.29 is 9.52 Å². The fourth-order valence-electron chi connectivity index (χ4n) is 1.83. The van der Waals surface area contributed by atoms with Gasteiger partial charge in [-0.2, -0.15) is 4.98 Å². The molecule has 0 radical (unpaired) electrons. The second-order valence-corrected chi connectivity index (χ2v) is 3.95. The molecule has 0 saturated carbocycles. The second kappa shape index (κ2) is 4.37. The first-order valence-electron chi connectivity index (χ1n) is 5.63. The van der Waals surface area contributed by atoms with E-state index in [1.54, 1.807) is 0 Å². The van der Waals surface area contributed by atoms with Crippen LogP contribution in [0, 0.1) is 0 Å². The number of hydrogen-bond acceptors (Lipinski definition) is 3. The van der Waals surface area contributed by atoms with Crippen molar-refractivity contribution in [3.8, 4) is 28.5 Å². The Labute approximate surface area is 104 Å². The lowest BCUT2D eigenvalue weighted by Crippen LogP contribution is -1.79. The number of hydrogen-bond donors (Lipinski definition) is 1. The molecule has 18 heavy (non-hydrogen) atoms. The molecule has 0 spiro atoms. The molecule has 2 aromatic carbocycles. The van der Waals surface area contributed by atoms with Crippen LogP contribution in [-0.2, 0) is 0 Å². The van der Waals surface area contributed by atoms with Crippen molar-refractivity contribution in [2.75, 3.05) is 0 Å². The van der Waals surface area contributed by atoms with Gasteiger partial charge in [-0.1, -0.05) is 42.5 Å². The van der Waals surface area contributed by atoms with Crippen molar-refractivity contribution in [1.82, 2.24) is 4.98 Å². The van der Waals surface area contributed by atoms with Gasteiger partial charge in [0, 0.05) is 5.56 Å². The molecule has 0 aliphatic heterocycles. The maximum atomic E-state index is 9.14. The molecule has 0 aliphatic carbocycles. The highest BCUT2D eigenvalue weighted by Crippen LogP contribution is 2.25. The van der Waals surface area contributed by atoms with Crippen LogP contribution in [-0.4, -0.2) is 10.1 Å². The van der Waals surface area contributed by atoms with E-state index >= 15 is 0 Å². The third-order valence-electron chi connectivity index (χ3n) is 2.73. The zero-order chi connectivity index (χ0) is 12.4.